The van der Waals surface area contributed by atoms with Crippen LogP contribution in [0.2, 0.25) is 5.02 Å². The molecular formula is C8H6ClNO2S3. The van der Waals surface area contributed by atoms with Crippen molar-refractivity contribution in [1.82, 2.24) is 0 Å². The Morgan fingerprint density at radius 1 is 1.47 bits per heavy atom. The van der Waals surface area contributed by atoms with E-state index in [0.717, 1.165) is 0 Å². The normalized spacial score (nSPS) is 18.1. The van der Waals surface area contributed by atoms with Crippen LogP contribution >= 0.6 is 35.1 Å². The molecule has 1 heterocycles. The minimum absolute atomic E-state index is 0.231. The number of benzene rings is 1. The second kappa shape index (κ2) is 4.01. The third-order valence-electron chi connectivity index (χ3n) is 1.75. The topological polar surface area (TPSA) is 46.5 Å². The van der Waals surface area contributed by atoms with E-state index < -0.39 is 10.0 Å². The minimum Gasteiger partial charge on any atom is -0.199 e. The highest BCUT2D eigenvalue weighted by Gasteiger charge is 2.25. The number of halogens is 1. The van der Waals surface area contributed by atoms with Crippen molar-refractivity contribution in [3.63, 3.8) is 0 Å². The van der Waals surface area contributed by atoms with E-state index in [-0.39, 0.29) is 4.90 Å². The van der Waals surface area contributed by atoms with Crippen LogP contribution in [0, 0.1) is 0 Å². The maximum atomic E-state index is 11.7. The molecule has 0 fully saturated rings. The molecular weight excluding hydrogens is 274 g/mol. The predicted molar refractivity (Wildman–Crippen MR) is 65.4 cm³/mol. The van der Waals surface area contributed by atoms with Crippen molar-refractivity contribution in [3.8, 4) is 0 Å². The zero-order valence-corrected chi connectivity index (χ0v) is 10.8. The van der Waals surface area contributed by atoms with Gasteiger partial charge in [-0.25, -0.2) is 0 Å². The molecule has 80 valence electrons. The molecule has 0 N–H and O–H groups in total. The summed E-state index contributed by atoms with van der Waals surface area (Å²) in [6.45, 7) is 0. The van der Waals surface area contributed by atoms with E-state index in [1.54, 1.807) is 18.4 Å². The average Bonchev–Trinajstić information content (AvgIpc) is 2.15. The van der Waals surface area contributed by atoms with Gasteiger partial charge in [0.25, 0.3) is 10.0 Å². The van der Waals surface area contributed by atoms with Crippen LogP contribution in [0.4, 0.5) is 0 Å². The van der Waals surface area contributed by atoms with E-state index in [1.165, 1.54) is 29.6 Å². The molecule has 7 heteroatoms. The van der Waals surface area contributed by atoms with Gasteiger partial charge in [0.2, 0.25) is 0 Å². The maximum absolute atomic E-state index is 11.7. The Balaban J connectivity index is 2.64. The zero-order valence-electron chi connectivity index (χ0n) is 7.60. The molecule has 0 aliphatic carbocycles. The molecule has 0 atom stereocenters. The molecule has 15 heavy (non-hydrogen) atoms. The molecule has 0 unspecified atom stereocenters. The van der Waals surface area contributed by atoms with Gasteiger partial charge in [-0.1, -0.05) is 23.4 Å². The predicted octanol–water partition coefficient (Wildman–Crippen LogP) is 2.85. The van der Waals surface area contributed by atoms with Gasteiger partial charge in [0.15, 0.2) is 0 Å². The van der Waals surface area contributed by atoms with Crippen molar-refractivity contribution in [3.05, 3.63) is 23.2 Å². The minimum atomic E-state index is -3.53. The van der Waals surface area contributed by atoms with E-state index in [9.17, 15) is 8.42 Å². The third-order valence-corrected chi connectivity index (χ3v) is 5.69. The van der Waals surface area contributed by atoms with Gasteiger partial charge in [-0.15, -0.1) is 16.2 Å². The quantitative estimate of drug-likeness (QED) is 0.733. The number of sulfonamides is 1. The van der Waals surface area contributed by atoms with E-state index in [0.29, 0.717) is 14.3 Å². The van der Waals surface area contributed by atoms with Crippen LogP contribution in [0.1, 0.15) is 0 Å². The highest BCUT2D eigenvalue weighted by molar-refractivity contribution is 8.39. The molecule has 2 rings (SSSR count). The average molecular weight is 280 g/mol. The first-order chi connectivity index (χ1) is 7.03. The van der Waals surface area contributed by atoms with Gasteiger partial charge in [0, 0.05) is 9.92 Å². The summed E-state index contributed by atoms with van der Waals surface area (Å²) in [4.78, 5) is 0.872. The van der Waals surface area contributed by atoms with E-state index in [4.69, 9.17) is 11.6 Å². The van der Waals surface area contributed by atoms with E-state index >= 15 is 0 Å². The Morgan fingerprint density at radius 2 is 2.20 bits per heavy atom. The second-order valence-electron chi connectivity index (χ2n) is 2.73. The molecule has 3 nitrogen and oxygen atoms in total. The summed E-state index contributed by atoms with van der Waals surface area (Å²) in [5.74, 6) is 0. The van der Waals surface area contributed by atoms with Gasteiger partial charge < -0.3 is 0 Å². The van der Waals surface area contributed by atoms with Crippen LogP contribution in [0.3, 0.4) is 0 Å². The Bertz CT molecular complexity index is 539. The fourth-order valence-corrected chi connectivity index (χ4v) is 4.82. The smallest absolute Gasteiger partial charge is 0.199 e. The number of rotatable bonds is 0. The zero-order chi connectivity index (χ0) is 11.1. The summed E-state index contributed by atoms with van der Waals surface area (Å²) in [6.07, 6.45) is 1.79. The Morgan fingerprint density at radius 3 is 2.87 bits per heavy atom. The Hall–Kier alpha value is -0.170. The molecule has 0 bridgehead atoms. The first kappa shape index (κ1) is 11.3. The summed E-state index contributed by atoms with van der Waals surface area (Å²) >= 11 is 8.44. The van der Waals surface area contributed by atoms with Crippen LogP contribution in [-0.4, -0.2) is 19.0 Å². The van der Waals surface area contributed by atoms with Crippen LogP contribution in [0.25, 0.3) is 0 Å². The molecule has 0 amide bonds. The standard InChI is InChI=1S/C8H6ClNO2S3/c1-13-8-10-15(11,12)7-3-2-5(9)4-6(7)14-8/h2-4H,1H3. The van der Waals surface area contributed by atoms with Gasteiger partial charge in [0.05, 0.1) is 0 Å². The summed E-state index contributed by atoms with van der Waals surface area (Å²) in [5, 5.41) is 0.527. The fourth-order valence-electron chi connectivity index (χ4n) is 1.11. The van der Waals surface area contributed by atoms with Gasteiger partial charge in [0.1, 0.15) is 9.27 Å². The van der Waals surface area contributed by atoms with E-state index in [1.807, 2.05) is 0 Å². The number of nitrogens with zero attached hydrogens (tertiary/aromatic N) is 1. The van der Waals surface area contributed by atoms with Crippen LogP contribution < -0.4 is 0 Å². The fraction of sp³-hybridized carbons (Fsp3) is 0.125. The first-order valence-corrected chi connectivity index (χ1v) is 7.75. The lowest BCUT2D eigenvalue weighted by Gasteiger charge is -2.13. The van der Waals surface area contributed by atoms with Crippen molar-refractivity contribution < 1.29 is 8.42 Å². The van der Waals surface area contributed by atoms with Crippen LogP contribution in [-0.2, 0) is 10.0 Å². The highest BCUT2D eigenvalue weighted by Crippen LogP contribution is 2.38. The van der Waals surface area contributed by atoms with Gasteiger partial charge in [-0.3, -0.25) is 0 Å². The molecule has 0 radical (unpaired) electrons. The third kappa shape index (κ3) is 2.18. The SMILES string of the molecule is CSC1=NS(=O)(=O)c2ccc(Cl)cc2S1. The number of hydrogen-bond donors (Lipinski definition) is 0. The van der Waals surface area contributed by atoms with Crippen molar-refractivity contribution in [1.29, 1.82) is 0 Å². The second-order valence-corrected chi connectivity index (χ2v) is 6.82. The molecule has 1 aromatic rings. The molecule has 0 spiro atoms. The van der Waals surface area contributed by atoms with Gasteiger partial charge in [-0.05, 0) is 24.5 Å². The number of thioether (sulfide) groups is 2. The van der Waals surface area contributed by atoms with Crippen molar-refractivity contribution in [2.24, 2.45) is 4.40 Å². The van der Waals surface area contributed by atoms with Gasteiger partial charge >= 0.3 is 0 Å². The molecule has 1 aliphatic rings. The monoisotopic (exact) mass is 279 g/mol. The summed E-state index contributed by atoms with van der Waals surface area (Å²) in [5.41, 5.74) is 0. The van der Waals surface area contributed by atoms with Crippen LogP contribution in [0.5, 0.6) is 0 Å². The molecule has 0 saturated heterocycles. The van der Waals surface area contributed by atoms with Crippen molar-refractivity contribution >= 4 is 49.5 Å². The van der Waals surface area contributed by atoms with Crippen molar-refractivity contribution in [2.45, 2.75) is 9.79 Å². The van der Waals surface area contributed by atoms with Gasteiger partial charge in [-0.2, -0.15) is 8.42 Å². The number of fused-ring (bicyclic) bond motifs is 1. The molecule has 1 aliphatic heterocycles. The summed E-state index contributed by atoms with van der Waals surface area (Å²) < 4.78 is 27.6. The Kier molecular flexibility index (Phi) is 3.03. The van der Waals surface area contributed by atoms with Crippen molar-refractivity contribution in [2.75, 3.05) is 6.26 Å². The lowest BCUT2D eigenvalue weighted by molar-refractivity contribution is 0.596. The van der Waals surface area contributed by atoms with Crippen LogP contribution in [0.15, 0.2) is 32.4 Å². The molecule has 1 aromatic carbocycles. The van der Waals surface area contributed by atoms with E-state index in [2.05, 4.69) is 4.40 Å². The highest BCUT2D eigenvalue weighted by atomic mass is 35.5. The summed E-state index contributed by atoms with van der Waals surface area (Å²) in [6, 6.07) is 4.68. The first-order valence-electron chi connectivity index (χ1n) is 3.89. The summed E-state index contributed by atoms with van der Waals surface area (Å²) in [7, 11) is -3.53. The lowest BCUT2D eigenvalue weighted by Crippen LogP contribution is -2.06. The molecule has 0 saturated carbocycles. The number of hydrogen-bond acceptors (Lipinski definition) is 4. The largest absolute Gasteiger partial charge is 0.284 e. The maximum Gasteiger partial charge on any atom is 0.284 e. The molecule has 0 aromatic heterocycles. The lowest BCUT2D eigenvalue weighted by atomic mass is 10.4. The Labute approximate surface area is 101 Å².